The largest absolute Gasteiger partial charge is 0.453 e. The molecule has 0 N–H and O–H groups in total. The SMILES string of the molecule is Cc1ccc(C(=O)c2ccc(-c3ccc(C=O)o3)cc2)cc1C. The molecule has 0 saturated carbocycles. The number of aldehydes is 1. The molecule has 0 atom stereocenters. The van der Waals surface area contributed by atoms with Crippen LogP contribution in [-0.2, 0) is 0 Å². The molecule has 3 nitrogen and oxygen atoms in total. The van der Waals surface area contributed by atoms with Gasteiger partial charge in [-0.3, -0.25) is 9.59 Å². The Balaban J connectivity index is 1.87. The number of rotatable bonds is 4. The highest BCUT2D eigenvalue weighted by Gasteiger charge is 2.11. The molecule has 0 bridgehead atoms. The number of furan rings is 1. The molecular formula is C20H16O3. The quantitative estimate of drug-likeness (QED) is 0.522. The minimum Gasteiger partial charge on any atom is -0.453 e. The first-order chi connectivity index (χ1) is 11.1. The Morgan fingerprint density at radius 2 is 1.57 bits per heavy atom. The summed E-state index contributed by atoms with van der Waals surface area (Å²) in [6, 6.07) is 16.3. The molecule has 0 aliphatic rings. The summed E-state index contributed by atoms with van der Waals surface area (Å²) in [7, 11) is 0. The first-order valence-corrected chi connectivity index (χ1v) is 7.36. The Kier molecular flexibility index (Phi) is 3.94. The molecule has 23 heavy (non-hydrogen) atoms. The summed E-state index contributed by atoms with van der Waals surface area (Å²) in [6.45, 7) is 4.02. The number of aryl methyl sites for hydroxylation is 2. The molecule has 0 aliphatic carbocycles. The van der Waals surface area contributed by atoms with Crippen molar-refractivity contribution in [2.24, 2.45) is 0 Å². The van der Waals surface area contributed by atoms with Crippen LogP contribution in [0.25, 0.3) is 11.3 Å². The van der Waals surface area contributed by atoms with Crippen LogP contribution in [0.4, 0.5) is 0 Å². The lowest BCUT2D eigenvalue weighted by Gasteiger charge is -2.05. The zero-order valence-corrected chi connectivity index (χ0v) is 13.0. The Hall–Kier alpha value is -2.94. The van der Waals surface area contributed by atoms with Crippen LogP contribution in [0.3, 0.4) is 0 Å². The van der Waals surface area contributed by atoms with Gasteiger partial charge in [-0.1, -0.05) is 36.4 Å². The predicted molar refractivity (Wildman–Crippen MR) is 88.9 cm³/mol. The summed E-state index contributed by atoms with van der Waals surface area (Å²) in [4.78, 5) is 23.2. The number of carbonyl (C=O) groups is 2. The van der Waals surface area contributed by atoms with E-state index >= 15 is 0 Å². The molecule has 0 fully saturated rings. The molecule has 0 saturated heterocycles. The monoisotopic (exact) mass is 304 g/mol. The number of hydrogen-bond acceptors (Lipinski definition) is 3. The molecule has 3 heteroatoms. The lowest BCUT2D eigenvalue weighted by molar-refractivity contribution is 0.103. The van der Waals surface area contributed by atoms with E-state index < -0.39 is 0 Å². The van der Waals surface area contributed by atoms with Gasteiger partial charge < -0.3 is 4.42 Å². The molecule has 1 heterocycles. The molecular weight excluding hydrogens is 288 g/mol. The molecule has 0 radical (unpaired) electrons. The van der Waals surface area contributed by atoms with E-state index in [1.54, 1.807) is 24.3 Å². The van der Waals surface area contributed by atoms with E-state index in [0.717, 1.165) is 11.1 Å². The van der Waals surface area contributed by atoms with Crippen molar-refractivity contribution in [3.05, 3.63) is 82.6 Å². The Bertz CT molecular complexity index is 870. The second-order valence-electron chi connectivity index (χ2n) is 5.53. The summed E-state index contributed by atoms with van der Waals surface area (Å²) in [5.74, 6) is 0.889. The van der Waals surface area contributed by atoms with E-state index in [1.807, 2.05) is 44.2 Å². The number of hydrogen-bond donors (Lipinski definition) is 0. The van der Waals surface area contributed by atoms with E-state index in [2.05, 4.69) is 0 Å². The molecule has 2 aromatic carbocycles. The van der Waals surface area contributed by atoms with Gasteiger partial charge in [0.15, 0.2) is 17.8 Å². The van der Waals surface area contributed by atoms with Gasteiger partial charge >= 0.3 is 0 Å². The minimum absolute atomic E-state index is 0.00678. The fraction of sp³-hybridized carbons (Fsp3) is 0.100. The summed E-state index contributed by atoms with van der Waals surface area (Å²) >= 11 is 0. The third-order valence-electron chi connectivity index (χ3n) is 3.94. The van der Waals surface area contributed by atoms with Crippen molar-refractivity contribution in [2.75, 3.05) is 0 Å². The second kappa shape index (κ2) is 6.05. The van der Waals surface area contributed by atoms with Crippen LogP contribution in [-0.4, -0.2) is 12.1 Å². The van der Waals surface area contributed by atoms with E-state index in [1.165, 1.54) is 5.56 Å². The topological polar surface area (TPSA) is 47.3 Å². The van der Waals surface area contributed by atoms with Crippen LogP contribution in [0.1, 0.15) is 37.6 Å². The highest BCUT2D eigenvalue weighted by Crippen LogP contribution is 2.23. The number of carbonyl (C=O) groups excluding carboxylic acids is 2. The smallest absolute Gasteiger partial charge is 0.193 e. The minimum atomic E-state index is -0.00678. The Morgan fingerprint density at radius 1 is 0.870 bits per heavy atom. The van der Waals surface area contributed by atoms with Gasteiger partial charge in [-0.2, -0.15) is 0 Å². The summed E-state index contributed by atoms with van der Waals surface area (Å²) in [5.41, 5.74) is 4.40. The van der Waals surface area contributed by atoms with Crippen LogP contribution in [0.5, 0.6) is 0 Å². The fourth-order valence-electron chi connectivity index (χ4n) is 2.41. The predicted octanol–water partition coefficient (Wildman–Crippen LogP) is 4.61. The normalized spacial score (nSPS) is 10.5. The maximum Gasteiger partial charge on any atom is 0.193 e. The van der Waals surface area contributed by atoms with Gasteiger partial charge in [0.05, 0.1) is 0 Å². The summed E-state index contributed by atoms with van der Waals surface area (Å²) < 4.78 is 5.38. The Morgan fingerprint density at radius 3 is 2.17 bits per heavy atom. The standard InChI is InChI=1S/C20H16O3/c1-13-3-4-17(11-14(13)2)20(22)16-7-5-15(6-8-16)19-10-9-18(12-21)23-19/h3-12H,1-2H3. The fourth-order valence-corrected chi connectivity index (χ4v) is 2.41. The maximum absolute atomic E-state index is 12.5. The Labute approximate surface area is 134 Å². The van der Waals surface area contributed by atoms with Gasteiger partial charge in [0.1, 0.15) is 5.76 Å². The number of ketones is 1. The van der Waals surface area contributed by atoms with Gasteiger partial charge in [-0.25, -0.2) is 0 Å². The van der Waals surface area contributed by atoms with Gasteiger partial charge in [-0.05, 0) is 43.2 Å². The summed E-state index contributed by atoms with van der Waals surface area (Å²) in [6.07, 6.45) is 0.668. The van der Waals surface area contributed by atoms with E-state index in [0.29, 0.717) is 23.2 Å². The first kappa shape index (κ1) is 15.0. The third kappa shape index (κ3) is 2.99. The zero-order chi connectivity index (χ0) is 16.4. The molecule has 0 unspecified atom stereocenters. The third-order valence-corrected chi connectivity index (χ3v) is 3.94. The second-order valence-corrected chi connectivity index (χ2v) is 5.53. The lowest BCUT2D eigenvalue weighted by Crippen LogP contribution is -2.02. The first-order valence-electron chi connectivity index (χ1n) is 7.36. The van der Waals surface area contributed by atoms with Crippen LogP contribution in [0.2, 0.25) is 0 Å². The lowest BCUT2D eigenvalue weighted by atomic mass is 9.98. The van der Waals surface area contributed by atoms with Crippen LogP contribution in [0.15, 0.2) is 59.0 Å². The average Bonchev–Trinajstić information content (AvgIpc) is 3.06. The van der Waals surface area contributed by atoms with Crippen LogP contribution >= 0.6 is 0 Å². The van der Waals surface area contributed by atoms with Crippen molar-refractivity contribution < 1.29 is 14.0 Å². The van der Waals surface area contributed by atoms with Gasteiger partial charge in [-0.15, -0.1) is 0 Å². The van der Waals surface area contributed by atoms with Crippen molar-refractivity contribution in [1.29, 1.82) is 0 Å². The van der Waals surface area contributed by atoms with Crippen LogP contribution < -0.4 is 0 Å². The van der Waals surface area contributed by atoms with Crippen molar-refractivity contribution in [3.63, 3.8) is 0 Å². The van der Waals surface area contributed by atoms with Gasteiger partial charge in [0.2, 0.25) is 0 Å². The van der Waals surface area contributed by atoms with E-state index in [9.17, 15) is 9.59 Å². The molecule has 114 valence electrons. The van der Waals surface area contributed by atoms with Crippen molar-refractivity contribution in [2.45, 2.75) is 13.8 Å². The van der Waals surface area contributed by atoms with E-state index in [4.69, 9.17) is 4.42 Å². The average molecular weight is 304 g/mol. The van der Waals surface area contributed by atoms with Gasteiger partial charge in [0.25, 0.3) is 0 Å². The molecule has 1 aromatic heterocycles. The van der Waals surface area contributed by atoms with E-state index in [-0.39, 0.29) is 11.5 Å². The summed E-state index contributed by atoms with van der Waals surface area (Å²) in [5, 5.41) is 0. The van der Waals surface area contributed by atoms with Crippen LogP contribution in [0, 0.1) is 13.8 Å². The van der Waals surface area contributed by atoms with Crippen molar-refractivity contribution >= 4 is 12.1 Å². The van der Waals surface area contributed by atoms with Crippen molar-refractivity contribution in [3.8, 4) is 11.3 Å². The molecule has 0 spiro atoms. The molecule has 0 aliphatic heterocycles. The zero-order valence-electron chi connectivity index (χ0n) is 13.0. The highest BCUT2D eigenvalue weighted by atomic mass is 16.3. The maximum atomic E-state index is 12.5. The number of benzene rings is 2. The molecule has 0 amide bonds. The highest BCUT2D eigenvalue weighted by molar-refractivity contribution is 6.09. The van der Waals surface area contributed by atoms with Gasteiger partial charge in [0, 0.05) is 16.7 Å². The molecule has 3 rings (SSSR count). The molecule has 3 aromatic rings. The van der Waals surface area contributed by atoms with Crippen molar-refractivity contribution in [1.82, 2.24) is 0 Å².